The molecule has 0 unspecified atom stereocenters. The van der Waals surface area contributed by atoms with Gasteiger partial charge >= 0.3 is 0 Å². The second-order valence-electron chi connectivity index (χ2n) is 9.75. The summed E-state index contributed by atoms with van der Waals surface area (Å²) in [5, 5.41) is 3.40. The third kappa shape index (κ3) is 4.41. The van der Waals surface area contributed by atoms with E-state index in [2.05, 4.69) is 129 Å². The normalized spacial score (nSPS) is 11.4. The number of aryl methyl sites for hydroxylation is 3. The van der Waals surface area contributed by atoms with Crippen molar-refractivity contribution in [1.82, 2.24) is 0 Å². The van der Waals surface area contributed by atoms with Crippen LogP contribution in [0.25, 0.3) is 20.2 Å². The Morgan fingerprint density at radius 1 is 0.649 bits per heavy atom. The molecule has 6 aromatic rings. The van der Waals surface area contributed by atoms with Crippen molar-refractivity contribution in [2.24, 2.45) is 0 Å². The number of fused-ring (bicyclic) bond motifs is 3. The summed E-state index contributed by atoms with van der Waals surface area (Å²) in [5.74, 6) is 0. The molecule has 0 N–H and O–H groups in total. The van der Waals surface area contributed by atoms with E-state index in [9.17, 15) is 0 Å². The smallest absolute Gasteiger partial charge is 0.0682 e. The van der Waals surface area contributed by atoms with E-state index in [1.165, 1.54) is 42.4 Å². The zero-order valence-electron chi connectivity index (χ0n) is 21.3. The Labute approximate surface area is 227 Å². The number of halogens is 1. The highest BCUT2D eigenvalue weighted by Gasteiger charge is 2.19. The monoisotopic (exact) mass is 517 g/mol. The molecule has 0 aliphatic heterocycles. The number of hydrogen-bond acceptors (Lipinski definition) is 2. The van der Waals surface area contributed by atoms with E-state index >= 15 is 0 Å². The average Bonchev–Trinajstić information content (AvgIpc) is 3.27. The molecule has 5 aromatic carbocycles. The molecule has 0 spiro atoms. The summed E-state index contributed by atoms with van der Waals surface area (Å²) in [6.07, 6.45) is 0.808. The molecule has 0 aliphatic carbocycles. The lowest BCUT2D eigenvalue weighted by atomic mass is 9.94. The largest absolute Gasteiger partial charge is 0.309 e. The van der Waals surface area contributed by atoms with Crippen LogP contribution in [-0.2, 0) is 6.42 Å². The number of thiophene rings is 1. The fourth-order valence-corrected chi connectivity index (χ4v) is 6.83. The minimum atomic E-state index is 0.794. The average molecular weight is 518 g/mol. The van der Waals surface area contributed by atoms with Gasteiger partial charge in [-0.2, -0.15) is 0 Å². The van der Waals surface area contributed by atoms with Crippen LogP contribution in [0.5, 0.6) is 0 Å². The molecular weight excluding hydrogens is 490 g/mol. The highest BCUT2D eigenvalue weighted by Crippen LogP contribution is 2.43. The number of para-hydroxylation sites is 1. The molecule has 6 rings (SSSR count). The third-order valence-corrected chi connectivity index (χ3v) is 8.71. The van der Waals surface area contributed by atoms with Gasteiger partial charge in [0.05, 0.1) is 10.7 Å². The van der Waals surface area contributed by atoms with E-state index in [1.54, 1.807) is 0 Å². The fourth-order valence-electron chi connectivity index (χ4n) is 5.41. The predicted octanol–water partition coefficient (Wildman–Crippen LogP) is 10.7. The number of hydrogen-bond donors (Lipinski definition) is 0. The first-order valence-electron chi connectivity index (χ1n) is 12.6. The third-order valence-electron chi connectivity index (χ3n) is 7.14. The predicted molar refractivity (Wildman–Crippen MR) is 162 cm³/mol. The quantitative estimate of drug-likeness (QED) is 0.220. The minimum absolute atomic E-state index is 0.794. The zero-order chi connectivity index (χ0) is 25.5. The Kier molecular flexibility index (Phi) is 6.24. The van der Waals surface area contributed by atoms with Crippen molar-refractivity contribution in [2.45, 2.75) is 27.2 Å². The van der Waals surface area contributed by atoms with Crippen LogP contribution in [0.3, 0.4) is 0 Å². The van der Waals surface area contributed by atoms with E-state index < -0.39 is 0 Å². The Morgan fingerprint density at radius 2 is 1.35 bits per heavy atom. The Morgan fingerprint density at radius 3 is 2.14 bits per heavy atom. The first-order valence-corrected chi connectivity index (χ1v) is 13.8. The Hall–Kier alpha value is -3.59. The van der Waals surface area contributed by atoms with Gasteiger partial charge in [0.15, 0.2) is 0 Å². The lowest BCUT2D eigenvalue weighted by Crippen LogP contribution is -2.11. The molecule has 0 saturated heterocycles. The summed E-state index contributed by atoms with van der Waals surface area (Å²) in [7, 11) is 0. The molecule has 0 aliphatic rings. The Bertz CT molecular complexity index is 1730. The Balaban J connectivity index is 1.49. The van der Waals surface area contributed by atoms with E-state index in [4.69, 9.17) is 11.6 Å². The summed E-state index contributed by atoms with van der Waals surface area (Å²) in [6.45, 7) is 6.55. The number of nitrogens with zero attached hydrogens (tertiary/aromatic N) is 1. The van der Waals surface area contributed by atoms with Gasteiger partial charge in [-0.3, -0.25) is 0 Å². The van der Waals surface area contributed by atoms with Gasteiger partial charge in [-0.15, -0.1) is 11.3 Å². The number of rotatable bonds is 5. The van der Waals surface area contributed by atoms with Crippen LogP contribution in [-0.4, -0.2) is 0 Å². The van der Waals surface area contributed by atoms with Crippen LogP contribution in [0.1, 0.15) is 27.8 Å². The van der Waals surface area contributed by atoms with Crippen LogP contribution in [0, 0.1) is 20.8 Å². The van der Waals surface area contributed by atoms with Crippen LogP contribution >= 0.6 is 22.9 Å². The maximum absolute atomic E-state index is 7.23. The number of anilines is 3. The molecule has 0 atom stereocenters. The van der Waals surface area contributed by atoms with E-state index in [0.717, 1.165) is 34.1 Å². The molecule has 1 nitrogen and oxygen atoms in total. The van der Waals surface area contributed by atoms with E-state index in [0.29, 0.717) is 0 Å². The van der Waals surface area contributed by atoms with E-state index in [-0.39, 0.29) is 0 Å². The minimum Gasteiger partial charge on any atom is -0.309 e. The van der Waals surface area contributed by atoms with Crippen LogP contribution in [0.4, 0.5) is 17.1 Å². The summed E-state index contributed by atoms with van der Waals surface area (Å²) in [5.41, 5.74) is 9.60. The van der Waals surface area contributed by atoms with Gasteiger partial charge in [0.2, 0.25) is 0 Å². The lowest BCUT2D eigenvalue weighted by molar-refractivity contribution is 1.11. The van der Waals surface area contributed by atoms with Crippen molar-refractivity contribution in [3.05, 3.63) is 136 Å². The molecule has 3 heteroatoms. The summed E-state index contributed by atoms with van der Waals surface area (Å²) in [4.78, 5) is 2.28. The summed E-state index contributed by atoms with van der Waals surface area (Å²) >= 11 is 9.07. The molecule has 1 aromatic heterocycles. The van der Waals surface area contributed by atoms with Crippen molar-refractivity contribution in [2.75, 3.05) is 4.90 Å². The fraction of sp³-hybridized carbons (Fsp3) is 0.118. The van der Waals surface area contributed by atoms with Crippen molar-refractivity contribution in [1.29, 1.82) is 0 Å². The number of benzene rings is 5. The van der Waals surface area contributed by atoms with Crippen molar-refractivity contribution < 1.29 is 0 Å². The van der Waals surface area contributed by atoms with Gasteiger partial charge in [0, 0.05) is 31.5 Å². The molecule has 0 saturated carbocycles. The first-order chi connectivity index (χ1) is 18.0. The van der Waals surface area contributed by atoms with Gasteiger partial charge < -0.3 is 4.90 Å². The molecule has 37 heavy (non-hydrogen) atoms. The van der Waals surface area contributed by atoms with E-state index in [1.807, 2.05) is 11.3 Å². The van der Waals surface area contributed by atoms with Gasteiger partial charge in [0.1, 0.15) is 0 Å². The van der Waals surface area contributed by atoms with Gasteiger partial charge in [-0.25, -0.2) is 0 Å². The summed E-state index contributed by atoms with van der Waals surface area (Å²) < 4.78 is 2.59. The van der Waals surface area contributed by atoms with Crippen LogP contribution in [0.15, 0.2) is 103 Å². The standard InChI is InChI=1S/C34H28ClNS/c1-22-18-23(2)30(24(3)19-22)20-25-10-9-14-31(34(25)35)36(26-11-5-4-6-12-26)27-16-17-29-28-13-7-8-15-32(28)37-33(29)21-27/h4-19,21H,20H2,1-3H3. The maximum Gasteiger partial charge on any atom is 0.0682 e. The topological polar surface area (TPSA) is 3.24 Å². The molecule has 182 valence electrons. The first kappa shape index (κ1) is 23.8. The highest BCUT2D eigenvalue weighted by atomic mass is 35.5. The SMILES string of the molecule is Cc1cc(C)c(Cc2cccc(N(c3ccccc3)c3ccc4c(c3)sc3ccccc34)c2Cl)c(C)c1. The zero-order valence-corrected chi connectivity index (χ0v) is 22.8. The lowest BCUT2D eigenvalue weighted by Gasteiger charge is -2.27. The second kappa shape index (κ2) is 9.70. The molecule has 0 amide bonds. The van der Waals surface area contributed by atoms with Gasteiger partial charge in [-0.05, 0) is 85.8 Å². The molecule has 0 bridgehead atoms. The summed E-state index contributed by atoms with van der Waals surface area (Å²) in [6, 6.07) is 36.8. The molecule has 1 heterocycles. The second-order valence-corrected chi connectivity index (χ2v) is 11.2. The van der Waals surface area contributed by atoms with Crippen molar-refractivity contribution in [3.63, 3.8) is 0 Å². The highest BCUT2D eigenvalue weighted by molar-refractivity contribution is 7.25. The van der Waals surface area contributed by atoms with Crippen LogP contribution in [0.2, 0.25) is 5.02 Å². The molecule has 0 radical (unpaired) electrons. The molecular formula is C34H28ClNS. The van der Waals surface area contributed by atoms with Gasteiger partial charge in [0.25, 0.3) is 0 Å². The van der Waals surface area contributed by atoms with Crippen molar-refractivity contribution in [3.8, 4) is 0 Å². The molecule has 0 fully saturated rings. The van der Waals surface area contributed by atoms with Gasteiger partial charge in [-0.1, -0.05) is 83.9 Å². The maximum atomic E-state index is 7.23. The van der Waals surface area contributed by atoms with Crippen LogP contribution < -0.4 is 4.90 Å². The van der Waals surface area contributed by atoms with Crippen molar-refractivity contribution >= 4 is 60.2 Å².